The molecule has 0 fully saturated rings. The van der Waals surface area contributed by atoms with Gasteiger partial charge in [-0.1, -0.05) is 26.7 Å². The molecule has 0 aromatic heterocycles. The third kappa shape index (κ3) is 20.4. The van der Waals surface area contributed by atoms with Crippen LogP contribution in [-0.2, 0) is 57.0 Å². The fourth-order valence-corrected chi connectivity index (χ4v) is 2.60. The number of rotatable bonds is 27. The molecule has 12 nitrogen and oxygen atoms in total. The summed E-state index contributed by atoms with van der Waals surface area (Å²) in [7, 11) is 0. The standard InChI is InChI=1S/C26H42O12/c1-5-23(27)36-16-13-30-9-11-32-19-26(8-4,21-35-22-34-15-18-38-25(29)7-3)20-33-12-10-31-14-17-37-24(28)6-2/h5-7H,1-3,8-22H2,4H3. The maximum absolute atomic E-state index is 11.0. The predicted molar refractivity (Wildman–Crippen MR) is 136 cm³/mol. The largest absolute Gasteiger partial charge is 0.460 e. The number of ether oxygens (including phenoxy) is 9. The van der Waals surface area contributed by atoms with Gasteiger partial charge >= 0.3 is 17.9 Å². The lowest BCUT2D eigenvalue weighted by Crippen LogP contribution is -2.38. The Morgan fingerprint density at radius 1 is 0.526 bits per heavy atom. The molecule has 0 heterocycles. The van der Waals surface area contributed by atoms with Gasteiger partial charge in [0.15, 0.2) is 0 Å². The van der Waals surface area contributed by atoms with Gasteiger partial charge in [0.2, 0.25) is 0 Å². The highest BCUT2D eigenvalue weighted by Crippen LogP contribution is 2.24. The summed E-state index contributed by atoms with van der Waals surface area (Å²) in [6.45, 7) is 15.3. The molecule has 0 unspecified atom stereocenters. The van der Waals surface area contributed by atoms with E-state index in [-0.39, 0.29) is 46.4 Å². The molecule has 0 radical (unpaired) electrons. The van der Waals surface area contributed by atoms with E-state index in [2.05, 4.69) is 19.7 Å². The van der Waals surface area contributed by atoms with Gasteiger partial charge in [0.05, 0.1) is 66.1 Å². The molecule has 0 amide bonds. The molecule has 0 aliphatic heterocycles. The quantitative estimate of drug-likeness (QED) is 0.0487. The molecule has 0 spiro atoms. The number of carbonyl (C=O) groups excluding carboxylic acids is 3. The van der Waals surface area contributed by atoms with Crippen molar-refractivity contribution in [1.82, 2.24) is 0 Å². The van der Waals surface area contributed by atoms with Gasteiger partial charge < -0.3 is 42.6 Å². The van der Waals surface area contributed by atoms with Crippen LogP contribution in [0.15, 0.2) is 38.0 Å². The fraction of sp³-hybridized carbons (Fsp3) is 0.654. The first-order valence-electron chi connectivity index (χ1n) is 12.3. The summed E-state index contributed by atoms with van der Waals surface area (Å²) in [6, 6.07) is 0. The zero-order chi connectivity index (χ0) is 28.3. The van der Waals surface area contributed by atoms with E-state index in [1.165, 1.54) is 0 Å². The van der Waals surface area contributed by atoms with Crippen LogP contribution in [-0.4, -0.2) is 111 Å². The van der Waals surface area contributed by atoms with E-state index in [1.807, 2.05) is 6.92 Å². The van der Waals surface area contributed by atoms with E-state index in [4.69, 9.17) is 42.6 Å². The summed E-state index contributed by atoms with van der Waals surface area (Å²) >= 11 is 0. The Morgan fingerprint density at radius 3 is 1.26 bits per heavy atom. The monoisotopic (exact) mass is 546 g/mol. The van der Waals surface area contributed by atoms with Crippen molar-refractivity contribution in [2.45, 2.75) is 13.3 Å². The van der Waals surface area contributed by atoms with Gasteiger partial charge in [-0.25, -0.2) is 14.4 Å². The molecule has 0 aliphatic rings. The van der Waals surface area contributed by atoms with E-state index in [0.717, 1.165) is 18.2 Å². The van der Waals surface area contributed by atoms with Gasteiger partial charge in [0.1, 0.15) is 26.6 Å². The molecule has 0 aromatic carbocycles. The topological polar surface area (TPSA) is 134 Å². The van der Waals surface area contributed by atoms with E-state index in [9.17, 15) is 14.4 Å². The normalized spacial score (nSPS) is 11.0. The number of hydrogen-bond acceptors (Lipinski definition) is 12. The van der Waals surface area contributed by atoms with Crippen molar-refractivity contribution in [3.05, 3.63) is 38.0 Å². The second-order valence-electron chi connectivity index (χ2n) is 7.67. The van der Waals surface area contributed by atoms with Crippen molar-refractivity contribution in [1.29, 1.82) is 0 Å². The molecule has 0 atom stereocenters. The minimum absolute atomic E-state index is 0.00642. The summed E-state index contributed by atoms with van der Waals surface area (Å²) in [5.41, 5.74) is -0.461. The average Bonchev–Trinajstić information content (AvgIpc) is 2.94. The zero-order valence-electron chi connectivity index (χ0n) is 22.4. The smallest absolute Gasteiger partial charge is 0.330 e. The lowest BCUT2D eigenvalue weighted by atomic mass is 9.88. The third-order valence-electron chi connectivity index (χ3n) is 4.80. The lowest BCUT2D eigenvalue weighted by molar-refractivity contribution is -0.146. The molecule has 12 heteroatoms. The average molecular weight is 547 g/mol. The fourth-order valence-electron chi connectivity index (χ4n) is 2.60. The van der Waals surface area contributed by atoms with Gasteiger partial charge in [-0.15, -0.1) is 0 Å². The number of carbonyl (C=O) groups is 3. The highest BCUT2D eigenvalue weighted by atomic mass is 16.7. The van der Waals surface area contributed by atoms with Crippen LogP contribution >= 0.6 is 0 Å². The summed E-state index contributed by atoms with van der Waals surface area (Å²) in [5.74, 6) is -1.51. The van der Waals surface area contributed by atoms with Crippen molar-refractivity contribution in [2.24, 2.45) is 5.41 Å². The highest BCUT2D eigenvalue weighted by Gasteiger charge is 2.30. The van der Waals surface area contributed by atoms with Gasteiger partial charge in [-0.05, 0) is 6.42 Å². The Bertz CT molecular complexity index is 643. The first-order valence-corrected chi connectivity index (χ1v) is 12.3. The number of esters is 3. The first-order chi connectivity index (χ1) is 18.4. The minimum Gasteiger partial charge on any atom is -0.460 e. The number of hydrogen-bond donors (Lipinski definition) is 0. The Hall–Kier alpha value is -2.61. The molecular weight excluding hydrogens is 504 g/mol. The SMILES string of the molecule is C=CC(=O)OCCOCCOCC(CC)(COCCOCCOC(=O)C=C)COCOCCOC(=O)C=C. The van der Waals surface area contributed by atoms with Crippen LogP contribution in [0.5, 0.6) is 0 Å². The molecule has 218 valence electrons. The lowest BCUT2D eigenvalue weighted by Gasteiger charge is -2.32. The van der Waals surface area contributed by atoms with E-state index >= 15 is 0 Å². The van der Waals surface area contributed by atoms with Crippen LogP contribution in [0.25, 0.3) is 0 Å². The second-order valence-corrected chi connectivity index (χ2v) is 7.67. The van der Waals surface area contributed by atoms with Crippen LogP contribution in [0.4, 0.5) is 0 Å². The molecule has 0 saturated heterocycles. The first kappa shape index (κ1) is 35.4. The molecule has 0 aromatic rings. The second kappa shape index (κ2) is 24.7. The summed E-state index contributed by atoms with van der Waals surface area (Å²) in [4.78, 5) is 33.0. The van der Waals surface area contributed by atoms with Crippen LogP contribution in [0.3, 0.4) is 0 Å². The summed E-state index contributed by atoms with van der Waals surface area (Å²) in [6.07, 6.45) is 3.96. The van der Waals surface area contributed by atoms with Gasteiger partial charge in [-0.2, -0.15) is 0 Å². The maximum Gasteiger partial charge on any atom is 0.330 e. The molecular formula is C26H42O12. The van der Waals surface area contributed by atoms with Crippen LogP contribution in [0.2, 0.25) is 0 Å². The molecule has 0 bridgehead atoms. The highest BCUT2D eigenvalue weighted by molar-refractivity contribution is 5.81. The summed E-state index contributed by atoms with van der Waals surface area (Å²) in [5, 5.41) is 0. The molecule has 0 N–H and O–H groups in total. The zero-order valence-corrected chi connectivity index (χ0v) is 22.4. The third-order valence-corrected chi connectivity index (χ3v) is 4.80. The van der Waals surface area contributed by atoms with Crippen LogP contribution < -0.4 is 0 Å². The van der Waals surface area contributed by atoms with Crippen LogP contribution in [0.1, 0.15) is 13.3 Å². The van der Waals surface area contributed by atoms with Crippen molar-refractivity contribution < 1.29 is 57.0 Å². The van der Waals surface area contributed by atoms with E-state index in [0.29, 0.717) is 52.7 Å². The van der Waals surface area contributed by atoms with Gasteiger partial charge in [0, 0.05) is 23.6 Å². The molecule has 0 saturated carbocycles. The Kier molecular flexibility index (Phi) is 23.0. The van der Waals surface area contributed by atoms with E-state index in [1.54, 1.807) is 0 Å². The van der Waals surface area contributed by atoms with Gasteiger partial charge in [0.25, 0.3) is 0 Å². The van der Waals surface area contributed by atoms with E-state index < -0.39 is 23.3 Å². The minimum atomic E-state index is -0.516. The Morgan fingerprint density at radius 2 is 0.868 bits per heavy atom. The van der Waals surface area contributed by atoms with Crippen molar-refractivity contribution in [2.75, 3.05) is 92.7 Å². The molecule has 38 heavy (non-hydrogen) atoms. The van der Waals surface area contributed by atoms with Crippen LogP contribution in [0, 0.1) is 5.41 Å². The van der Waals surface area contributed by atoms with Crippen molar-refractivity contribution in [3.8, 4) is 0 Å². The summed E-state index contributed by atoms with van der Waals surface area (Å²) < 4.78 is 47.9. The maximum atomic E-state index is 11.0. The van der Waals surface area contributed by atoms with Crippen molar-refractivity contribution in [3.63, 3.8) is 0 Å². The molecule has 0 rings (SSSR count). The predicted octanol–water partition coefficient (Wildman–Crippen LogP) is 1.63. The Labute approximate surface area is 224 Å². The van der Waals surface area contributed by atoms with Crippen molar-refractivity contribution >= 4 is 17.9 Å². The Balaban J connectivity index is 4.39. The van der Waals surface area contributed by atoms with Gasteiger partial charge in [-0.3, -0.25) is 0 Å². The molecule has 0 aliphatic carbocycles.